The van der Waals surface area contributed by atoms with Gasteiger partial charge in [-0.05, 0) is 59.2 Å². The molecule has 0 saturated carbocycles. The van der Waals surface area contributed by atoms with Crippen LogP contribution in [0.15, 0.2) is 66.7 Å². The molecule has 3 aromatic rings. The second-order valence-corrected chi connectivity index (χ2v) is 10.5. The zero-order valence-corrected chi connectivity index (χ0v) is 20.1. The lowest BCUT2D eigenvalue weighted by Crippen LogP contribution is -2.59. The number of hydrogen-bond acceptors (Lipinski definition) is 5. The maximum Gasteiger partial charge on any atom is 0.410 e. The number of aliphatic hydroxyl groups is 1. The average Bonchev–Trinajstić information content (AvgIpc) is 3.49. The largest absolute Gasteiger partial charge is 0.454 e. The summed E-state index contributed by atoms with van der Waals surface area (Å²) >= 11 is 0. The number of fused-ring (bicyclic) bond motifs is 6. The van der Waals surface area contributed by atoms with Gasteiger partial charge in [-0.3, -0.25) is 0 Å². The predicted octanol–water partition coefficient (Wildman–Crippen LogP) is 5.57. The lowest BCUT2D eigenvalue weighted by molar-refractivity contribution is -0.0891. The molecule has 0 aromatic heterocycles. The second kappa shape index (κ2) is 8.27. The van der Waals surface area contributed by atoms with E-state index in [4.69, 9.17) is 14.2 Å². The molecule has 0 radical (unpaired) electrons. The number of ether oxygens (including phenoxy) is 3. The average molecular weight is 484 g/mol. The van der Waals surface area contributed by atoms with Crippen molar-refractivity contribution >= 4 is 6.09 Å². The summed E-state index contributed by atoms with van der Waals surface area (Å²) in [6.45, 7) is 0.521. The Hall–Kier alpha value is -3.51. The molecule has 6 nitrogen and oxygen atoms in total. The van der Waals surface area contributed by atoms with Crippen LogP contribution in [0.1, 0.15) is 54.7 Å². The van der Waals surface area contributed by atoms with Gasteiger partial charge in [-0.2, -0.15) is 0 Å². The number of piperidine rings is 2. The van der Waals surface area contributed by atoms with Gasteiger partial charge in [-0.1, -0.05) is 54.6 Å². The monoisotopic (exact) mass is 483 g/mol. The molecule has 2 saturated heterocycles. The van der Waals surface area contributed by atoms with Crippen molar-refractivity contribution in [1.29, 1.82) is 0 Å². The summed E-state index contributed by atoms with van der Waals surface area (Å²) < 4.78 is 17.0. The first-order chi connectivity index (χ1) is 17.6. The summed E-state index contributed by atoms with van der Waals surface area (Å²) in [5, 5.41) is 11.7. The Morgan fingerprint density at radius 1 is 0.917 bits per heavy atom. The van der Waals surface area contributed by atoms with Crippen LogP contribution < -0.4 is 9.47 Å². The van der Waals surface area contributed by atoms with Crippen LogP contribution in [-0.4, -0.2) is 41.6 Å². The maximum atomic E-state index is 13.5. The fourth-order valence-electron chi connectivity index (χ4n) is 6.82. The molecule has 2 bridgehead atoms. The molecule has 2 fully saturated rings. The van der Waals surface area contributed by atoms with Crippen molar-refractivity contribution in [1.82, 2.24) is 4.90 Å². The van der Waals surface area contributed by atoms with E-state index in [0.29, 0.717) is 30.9 Å². The zero-order valence-electron chi connectivity index (χ0n) is 20.1. The first-order valence-corrected chi connectivity index (χ1v) is 12.9. The van der Waals surface area contributed by atoms with Crippen LogP contribution in [-0.2, 0) is 10.3 Å². The summed E-state index contributed by atoms with van der Waals surface area (Å²) in [5.41, 5.74) is 4.69. The standard InChI is InChI=1S/C30H29NO5/c32-29(34-17-26-24-10-3-1-8-22(24)23-9-2-4-11-25(23)26)31-20-6-5-7-21(31)16-30(33,15-20)19-12-13-27-28(14-19)36-18-35-27/h1-4,8-14,20-21,26,33H,5-7,15-18H2. The van der Waals surface area contributed by atoms with E-state index in [9.17, 15) is 9.90 Å². The molecule has 1 aliphatic carbocycles. The number of benzene rings is 3. The van der Waals surface area contributed by atoms with Crippen molar-refractivity contribution in [2.45, 2.75) is 55.7 Å². The van der Waals surface area contributed by atoms with E-state index in [-0.39, 0.29) is 30.9 Å². The third-order valence-electron chi connectivity index (χ3n) is 8.46. The van der Waals surface area contributed by atoms with E-state index < -0.39 is 5.60 Å². The van der Waals surface area contributed by atoms with Gasteiger partial charge in [-0.15, -0.1) is 0 Å². The lowest BCUT2D eigenvalue weighted by atomic mass is 9.72. The minimum absolute atomic E-state index is 0.0385. The van der Waals surface area contributed by atoms with Gasteiger partial charge in [-0.25, -0.2) is 4.79 Å². The van der Waals surface area contributed by atoms with Gasteiger partial charge in [0.05, 0.1) is 5.60 Å². The number of nitrogens with zero attached hydrogens (tertiary/aromatic N) is 1. The molecule has 2 unspecified atom stereocenters. The van der Waals surface area contributed by atoms with Crippen molar-refractivity contribution in [3.63, 3.8) is 0 Å². The predicted molar refractivity (Wildman–Crippen MR) is 134 cm³/mol. The molecule has 3 heterocycles. The van der Waals surface area contributed by atoms with E-state index in [1.807, 2.05) is 35.2 Å². The fraction of sp³-hybridized carbons (Fsp3) is 0.367. The zero-order chi connectivity index (χ0) is 24.3. The van der Waals surface area contributed by atoms with Crippen LogP contribution in [0.5, 0.6) is 11.5 Å². The Morgan fingerprint density at radius 3 is 2.25 bits per heavy atom. The molecule has 3 aromatic carbocycles. The smallest absolute Gasteiger partial charge is 0.410 e. The third-order valence-corrected chi connectivity index (χ3v) is 8.46. The summed E-state index contributed by atoms with van der Waals surface area (Å²) in [4.78, 5) is 15.4. The van der Waals surface area contributed by atoms with E-state index >= 15 is 0 Å². The second-order valence-electron chi connectivity index (χ2n) is 10.5. The van der Waals surface area contributed by atoms with Crippen LogP contribution in [0.4, 0.5) is 4.79 Å². The molecule has 1 N–H and O–H groups in total. The maximum absolute atomic E-state index is 13.5. The normalized spacial score (nSPS) is 25.9. The SMILES string of the molecule is O=C(OCC1c2ccccc2-c2ccccc21)N1C2CCCC1CC(O)(c1ccc3c(c1)OCO3)C2. The molecule has 3 aliphatic heterocycles. The molecule has 1 amide bonds. The molecule has 36 heavy (non-hydrogen) atoms. The Labute approximate surface area is 210 Å². The Bertz CT molecular complexity index is 1280. The summed E-state index contributed by atoms with van der Waals surface area (Å²) in [5.74, 6) is 1.42. The number of amides is 1. The lowest BCUT2D eigenvalue weighted by Gasteiger charge is -2.51. The van der Waals surface area contributed by atoms with Crippen molar-refractivity contribution in [3.8, 4) is 22.6 Å². The van der Waals surface area contributed by atoms with E-state index in [1.54, 1.807) is 0 Å². The van der Waals surface area contributed by atoms with Gasteiger partial charge in [0.15, 0.2) is 11.5 Å². The molecule has 2 atom stereocenters. The molecular formula is C30H29NO5. The quantitative estimate of drug-likeness (QED) is 0.528. The van der Waals surface area contributed by atoms with Gasteiger partial charge in [0, 0.05) is 30.8 Å². The van der Waals surface area contributed by atoms with Gasteiger partial charge < -0.3 is 24.2 Å². The number of hydrogen-bond donors (Lipinski definition) is 1. The van der Waals surface area contributed by atoms with Crippen LogP contribution >= 0.6 is 0 Å². The summed E-state index contributed by atoms with van der Waals surface area (Å²) in [7, 11) is 0. The molecular weight excluding hydrogens is 454 g/mol. The van der Waals surface area contributed by atoms with Crippen LogP contribution in [0.3, 0.4) is 0 Å². The summed E-state index contributed by atoms with van der Waals surface area (Å²) in [6, 6.07) is 22.3. The van der Waals surface area contributed by atoms with Crippen LogP contribution in [0.25, 0.3) is 11.1 Å². The van der Waals surface area contributed by atoms with E-state index in [1.165, 1.54) is 22.3 Å². The molecule has 0 spiro atoms. The first kappa shape index (κ1) is 21.7. The third kappa shape index (κ3) is 3.39. The van der Waals surface area contributed by atoms with Gasteiger partial charge in [0.2, 0.25) is 6.79 Å². The minimum Gasteiger partial charge on any atom is -0.454 e. The van der Waals surface area contributed by atoms with Crippen molar-refractivity contribution < 1.29 is 24.1 Å². The van der Waals surface area contributed by atoms with Crippen molar-refractivity contribution in [2.75, 3.05) is 13.4 Å². The number of carbonyl (C=O) groups is 1. The van der Waals surface area contributed by atoms with Gasteiger partial charge in [0.1, 0.15) is 6.61 Å². The first-order valence-electron chi connectivity index (χ1n) is 12.9. The Kier molecular flexibility index (Phi) is 5.00. The fourth-order valence-corrected chi connectivity index (χ4v) is 6.82. The van der Waals surface area contributed by atoms with Crippen molar-refractivity contribution in [2.24, 2.45) is 0 Å². The van der Waals surface area contributed by atoms with Gasteiger partial charge in [0.25, 0.3) is 0 Å². The highest BCUT2D eigenvalue weighted by Crippen LogP contribution is 2.48. The van der Waals surface area contributed by atoms with E-state index in [2.05, 4.69) is 36.4 Å². The topological polar surface area (TPSA) is 68.2 Å². The van der Waals surface area contributed by atoms with E-state index in [0.717, 1.165) is 24.8 Å². The Balaban J connectivity index is 1.10. The highest BCUT2D eigenvalue weighted by atomic mass is 16.7. The number of rotatable bonds is 3. The highest BCUT2D eigenvalue weighted by molar-refractivity contribution is 5.79. The summed E-state index contributed by atoms with van der Waals surface area (Å²) in [6.07, 6.45) is 3.51. The molecule has 6 heteroatoms. The molecule has 7 rings (SSSR count). The Morgan fingerprint density at radius 2 is 1.56 bits per heavy atom. The molecule has 184 valence electrons. The minimum atomic E-state index is -1.00. The number of carbonyl (C=O) groups excluding carboxylic acids is 1. The van der Waals surface area contributed by atoms with Crippen LogP contribution in [0, 0.1) is 0 Å². The molecule has 4 aliphatic rings. The van der Waals surface area contributed by atoms with Crippen LogP contribution in [0.2, 0.25) is 0 Å². The van der Waals surface area contributed by atoms with Crippen molar-refractivity contribution in [3.05, 3.63) is 83.4 Å². The highest BCUT2D eigenvalue weighted by Gasteiger charge is 2.49. The van der Waals surface area contributed by atoms with Gasteiger partial charge >= 0.3 is 6.09 Å².